The van der Waals surface area contributed by atoms with Crippen molar-refractivity contribution in [3.63, 3.8) is 0 Å². The van der Waals surface area contributed by atoms with Crippen molar-refractivity contribution in [3.05, 3.63) is 59.5 Å². The molecule has 0 fully saturated rings. The fraction of sp³-hybridized carbons (Fsp3) is 0.0714. The molecule has 98 valence electrons. The van der Waals surface area contributed by atoms with E-state index in [1.165, 1.54) is 0 Å². The molecule has 19 heavy (non-hydrogen) atoms. The van der Waals surface area contributed by atoms with Crippen LogP contribution < -0.4 is 10.1 Å². The molecule has 0 aliphatic heterocycles. The summed E-state index contributed by atoms with van der Waals surface area (Å²) in [5.41, 5.74) is 0.670. The first-order chi connectivity index (χ1) is 9.19. The molecule has 0 unspecified atom stereocenters. The maximum atomic E-state index is 11.8. The molecule has 0 aliphatic rings. The van der Waals surface area contributed by atoms with E-state index in [1.54, 1.807) is 42.5 Å². The van der Waals surface area contributed by atoms with Crippen LogP contribution in [-0.4, -0.2) is 12.5 Å². The topological polar surface area (TPSA) is 51.5 Å². The predicted octanol–water partition coefficient (Wildman–Crippen LogP) is 3.86. The monoisotopic (exact) mass is 321 g/mol. The van der Waals surface area contributed by atoms with Crippen molar-refractivity contribution < 1.29 is 13.9 Å². The van der Waals surface area contributed by atoms with E-state index in [1.807, 2.05) is 0 Å². The van der Waals surface area contributed by atoms with Gasteiger partial charge in [-0.05, 0) is 52.3 Å². The maximum absolute atomic E-state index is 11.8. The van der Waals surface area contributed by atoms with Gasteiger partial charge in [-0.1, -0.05) is 12.7 Å². The second-order valence-corrected chi connectivity index (χ2v) is 4.46. The van der Waals surface area contributed by atoms with Gasteiger partial charge in [0.25, 0.3) is 5.91 Å². The molecule has 0 radical (unpaired) electrons. The molecule has 0 bridgehead atoms. The van der Waals surface area contributed by atoms with E-state index >= 15 is 0 Å². The summed E-state index contributed by atoms with van der Waals surface area (Å²) in [5.74, 6) is 0.669. The second kappa shape index (κ2) is 6.24. The Morgan fingerprint density at radius 3 is 2.63 bits per heavy atom. The summed E-state index contributed by atoms with van der Waals surface area (Å²) in [6.45, 7) is 4.02. The van der Waals surface area contributed by atoms with Gasteiger partial charge in [-0.2, -0.15) is 0 Å². The number of benzene rings is 1. The lowest BCUT2D eigenvalue weighted by atomic mass is 10.3. The number of nitrogens with one attached hydrogen (secondary N) is 1. The Bertz CT molecular complexity index is 575. The second-order valence-electron chi connectivity index (χ2n) is 3.68. The Morgan fingerprint density at radius 2 is 2.05 bits per heavy atom. The number of amides is 1. The van der Waals surface area contributed by atoms with Crippen molar-refractivity contribution in [2.45, 2.75) is 0 Å². The summed E-state index contributed by atoms with van der Waals surface area (Å²) >= 11 is 3.15. The highest BCUT2D eigenvalue weighted by Gasteiger charge is 2.10. The number of carbonyl (C=O) groups excluding carboxylic acids is 1. The highest BCUT2D eigenvalue weighted by Crippen LogP contribution is 2.18. The van der Waals surface area contributed by atoms with Crippen LogP contribution in [0.4, 0.5) is 5.69 Å². The van der Waals surface area contributed by atoms with Crippen molar-refractivity contribution in [2.75, 3.05) is 11.9 Å². The van der Waals surface area contributed by atoms with Gasteiger partial charge in [-0.25, -0.2) is 0 Å². The normalized spacial score (nSPS) is 9.95. The van der Waals surface area contributed by atoms with Gasteiger partial charge in [0.15, 0.2) is 10.4 Å². The van der Waals surface area contributed by atoms with E-state index in [4.69, 9.17) is 9.15 Å². The summed E-state index contributed by atoms with van der Waals surface area (Å²) in [4.78, 5) is 11.8. The first kappa shape index (κ1) is 13.4. The predicted molar refractivity (Wildman–Crippen MR) is 76.5 cm³/mol. The van der Waals surface area contributed by atoms with Gasteiger partial charge < -0.3 is 14.5 Å². The molecule has 2 rings (SSSR count). The minimum Gasteiger partial charge on any atom is -0.490 e. The lowest BCUT2D eigenvalue weighted by Crippen LogP contribution is -2.10. The van der Waals surface area contributed by atoms with Crippen molar-refractivity contribution in [3.8, 4) is 5.75 Å². The molecule has 0 atom stereocenters. The molecule has 2 aromatic rings. The zero-order chi connectivity index (χ0) is 13.7. The van der Waals surface area contributed by atoms with Crippen LogP contribution in [-0.2, 0) is 0 Å². The number of anilines is 1. The molecule has 1 N–H and O–H groups in total. The molecular formula is C14H12BrNO3. The zero-order valence-electron chi connectivity index (χ0n) is 10.1. The average Bonchev–Trinajstić information content (AvgIpc) is 2.85. The van der Waals surface area contributed by atoms with Gasteiger partial charge in [0.05, 0.1) is 0 Å². The molecule has 1 heterocycles. The average molecular weight is 322 g/mol. The Labute approximate surface area is 119 Å². The molecule has 1 aromatic heterocycles. The van der Waals surface area contributed by atoms with Crippen LogP contribution in [0.5, 0.6) is 5.75 Å². The lowest BCUT2D eigenvalue weighted by molar-refractivity contribution is 0.0995. The number of ether oxygens (including phenoxy) is 1. The van der Waals surface area contributed by atoms with Crippen LogP contribution in [0.1, 0.15) is 10.6 Å². The third-order valence-corrected chi connectivity index (χ3v) is 2.70. The summed E-state index contributed by atoms with van der Waals surface area (Å²) in [5, 5.41) is 2.73. The Kier molecular flexibility index (Phi) is 4.41. The molecule has 0 aliphatic carbocycles. The van der Waals surface area contributed by atoms with Crippen LogP contribution in [0, 0.1) is 0 Å². The summed E-state index contributed by atoms with van der Waals surface area (Å²) in [6, 6.07) is 10.3. The third kappa shape index (κ3) is 3.72. The van der Waals surface area contributed by atoms with E-state index < -0.39 is 0 Å². The third-order valence-electron chi connectivity index (χ3n) is 2.28. The van der Waals surface area contributed by atoms with Crippen LogP contribution in [0.25, 0.3) is 0 Å². The number of carbonyl (C=O) groups is 1. The molecule has 1 amide bonds. The Hall–Kier alpha value is -2.01. The van der Waals surface area contributed by atoms with Gasteiger partial charge in [0.2, 0.25) is 0 Å². The molecule has 0 spiro atoms. The van der Waals surface area contributed by atoms with Crippen LogP contribution >= 0.6 is 15.9 Å². The zero-order valence-corrected chi connectivity index (χ0v) is 11.6. The first-order valence-corrected chi connectivity index (χ1v) is 6.39. The highest BCUT2D eigenvalue weighted by molar-refractivity contribution is 9.10. The first-order valence-electron chi connectivity index (χ1n) is 5.59. The summed E-state index contributed by atoms with van der Waals surface area (Å²) in [7, 11) is 0. The summed E-state index contributed by atoms with van der Waals surface area (Å²) < 4.78 is 11.0. The number of furan rings is 1. The van der Waals surface area contributed by atoms with Crippen LogP contribution in [0.3, 0.4) is 0 Å². The van der Waals surface area contributed by atoms with E-state index in [-0.39, 0.29) is 11.7 Å². The van der Waals surface area contributed by atoms with E-state index in [0.717, 1.165) is 5.75 Å². The molecule has 4 nitrogen and oxygen atoms in total. The van der Waals surface area contributed by atoms with Gasteiger partial charge >= 0.3 is 0 Å². The van der Waals surface area contributed by atoms with Gasteiger partial charge in [0, 0.05) is 5.69 Å². The van der Waals surface area contributed by atoms with E-state index in [9.17, 15) is 4.79 Å². The molecular weight excluding hydrogens is 310 g/mol. The van der Waals surface area contributed by atoms with Crippen molar-refractivity contribution >= 4 is 27.5 Å². The fourth-order valence-electron chi connectivity index (χ4n) is 1.42. The highest BCUT2D eigenvalue weighted by atomic mass is 79.9. The minimum absolute atomic E-state index is 0.249. The van der Waals surface area contributed by atoms with Crippen molar-refractivity contribution in [1.29, 1.82) is 0 Å². The molecule has 1 aromatic carbocycles. The number of hydrogen-bond donors (Lipinski definition) is 1. The SMILES string of the molecule is C=CCOc1ccc(NC(=O)c2ccc(Br)o2)cc1. The van der Waals surface area contributed by atoms with Crippen molar-refractivity contribution in [2.24, 2.45) is 0 Å². The van der Waals surface area contributed by atoms with Gasteiger partial charge in [-0.15, -0.1) is 0 Å². The quantitative estimate of drug-likeness (QED) is 0.851. The fourth-order valence-corrected chi connectivity index (χ4v) is 1.73. The number of halogens is 1. The number of rotatable bonds is 5. The van der Waals surface area contributed by atoms with E-state index in [0.29, 0.717) is 17.0 Å². The number of hydrogen-bond acceptors (Lipinski definition) is 3. The minimum atomic E-state index is -0.301. The van der Waals surface area contributed by atoms with E-state index in [2.05, 4.69) is 27.8 Å². The van der Waals surface area contributed by atoms with Crippen LogP contribution in [0.2, 0.25) is 0 Å². The standard InChI is InChI=1S/C14H12BrNO3/c1-2-9-18-11-5-3-10(4-6-11)16-14(17)12-7-8-13(15)19-12/h2-8H,1,9H2,(H,16,17). The Morgan fingerprint density at radius 1 is 1.32 bits per heavy atom. The smallest absolute Gasteiger partial charge is 0.291 e. The lowest BCUT2D eigenvalue weighted by Gasteiger charge is -2.06. The molecule has 0 saturated heterocycles. The van der Waals surface area contributed by atoms with Crippen LogP contribution in [0.15, 0.2) is 58.1 Å². The maximum Gasteiger partial charge on any atom is 0.291 e. The molecule has 5 heteroatoms. The Balaban J connectivity index is 1.99. The van der Waals surface area contributed by atoms with Gasteiger partial charge in [-0.3, -0.25) is 4.79 Å². The summed E-state index contributed by atoms with van der Waals surface area (Å²) in [6.07, 6.45) is 1.67. The van der Waals surface area contributed by atoms with Gasteiger partial charge in [0.1, 0.15) is 12.4 Å². The largest absolute Gasteiger partial charge is 0.490 e. The van der Waals surface area contributed by atoms with Crippen molar-refractivity contribution in [1.82, 2.24) is 0 Å². The molecule has 0 saturated carbocycles.